The predicted molar refractivity (Wildman–Crippen MR) is 131 cm³/mol. The van der Waals surface area contributed by atoms with Gasteiger partial charge in [0.05, 0.1) is 6.04 Å². The first-order valence-corrected chi connectivity index (χ1v) is 11.3. The topological polar surface area (TPSA) is 122 Å². The number of rotatable bonds is 8. The molecule has 0 unspecified atom stereocenters. The molecule has 3 aromatic rings. The number of anilines is 1. The van der Waals surface area contributed by atoms with E-state index in [1.165, 1.54) is 0 Å². The highest BCUT2D eigenvalue weighted by molar-refractivity contribution is 6.35. The molecule has 0 saturated carbocycles. The molecule has 0 bridgehead atoms. The van der Waals surface area contributed by atoms with E-state index >= 15 is 0 Å². The lowest BCUT2D eigenvalue weighted by Gasteiger charge is -2.25. The van der Waals surface area contributed by atoms with Crippen LogP contribution in [0.25, 0.3) is 11.1 Å². The highest BCUT2D eigenvalue weighted by atomic mass is 35.5. The molecule has 2 atom stereocenters. The molecular weight excluding hydrogens is 479 g/mol. The van der Waals surface area contributed by atoms with E-state index in [2.05, 4.69) is 31.3 Å². The molecule has 3 rings (SSSR count). The van der Waals surface area contributed by atoms with Crippen LogP contribution in [0.15, 0.2) is 42.5 Å². The minimum atomic E-state index is -0.776. The van der Waals surface area contributed by atoms with Gasteiger partial charge in [0.2, 0.25) is 5.91 Å². The second-order valence-corrected chi connectivity index (χ2v) is 9.57. The van der Waals surface area contributed by atoms with Gasteiger partial charge in [-0.1, -0.05) is 52.6 Å². The monoisotopic (exact) mass is 504 g/mol. The van der Waals surface area contributed by atoms with Gasteiger partial charge in [-0.2, -0.15) is 5.21 Å². The summed E-state index contributed by atoms with van der Waals surface area (Å²) in [6, 6.07) is 11.3. The fourth-order valence-corrected chi connectivity index (χ4v) is 3.57. The number of benzene rings is 2. The van der Waals surface area contributed by atoms with E-state index in [1.807, 2.05) is 24.3 Å². The second kappa shape index (κ2) is 10.9. The Morgan fingerprint density at radius 1 is 1.12 bits per heavy atom. The molecule has 11 heteroatoms. The van der Waals surface area contributed by atoms with E-state index < -0.39 is 29.6 Å². The minimum absolute atomic E-state index is 0.0349. The molecule has 34 heavy (non-hydrogen) atoms. The van der Waals surface area contributed by atoms with Crippen molar-refractivity contribution in [2.24, 2.45) is 0 Å². The molecule has 9 nitrogen and oxygen atoms in total. The van der Waals surface area contributed by atoms with Crippen molar-refractivity contribution in [2.75, 3.05) is 5.32 Å². The molecule has 1 aromatic heterocycles. The van der Waals surface area contributed by atoms with Gasteiger partial charge in [-0.3, -0.25) is 20.2 Å². The molecule has 0 aliphatic heterocycles. The maximum atomic E-state index is 12.9. The summed E-state index contributed by atoms with van der Waals surface area (Å²) in [5, 5.41) is 20.0. The van der Waals surface area contributed by atoms with E-state index in [-0.39, 0.29) is 5.95 Å². The lowest BCUT2D eigenvalue weighted by atomic mass is 10.00. The van der Waals surface area contributed by atoms with Gasteiger partial charge in [0.1, 0.15) is 11.6 Å². The molecule has 0 spiro atoms. The zero-order valence-corrected chi connectivity index (χ0v) is 20.7. The van der Waals surface area contributed by atoms with Crippen LogP contribution in [0.5, 0.6) is 0 Å². The molecular formula is C23H26Cl2N6O3. The van der Waals surface area contributed by atoms with Crippen molar-refractivity contribution in [3.05, 3.63) is 58.1 Å². The maximum absolute atomic E-state index is 12.9. The lowest BCUT2D eigenvalue weighted by molar-refractivity contribution is -0.157. The summed E-state index contributed by atoms with van der Waals surface area (Å²) in [4.78, 5) is 25.4. The number of carbonyl (C=O) groups is 2. The number of aromatic amines is 1. The van der Waals surface area contributed by atoms with Crippen LogP contribution in [0.3, 0.4) is 0 Å². The lowest BCUT2D eigenvalue weighted by Crippen LogP contribution is -2.50. The number of ether oxygens (including phenoxy) is 1. The van der Waals surface area contributed by atoms with Crippen molar-refractivity contribution in [2.45, 2.75) is 51.8 Å². The van der Waals surface area contributed by atoms with Crippen LogP contribution in [-0.2, 0) is 20.7 Å². The number of aromatic nitrogens is 4. The number of nitrogens with one attached hydrogen (secondary N) is 3. The van der Waals surface area contributed by atoms with Crippen LogP contribution in [0.2, 0.25) is 10.0 Å². The first kappa shape index (κ1) is 25.6. The number of halogens is 2. The van der Waals surface area contributed by atoms with Gasteiger partial charge in [0.15, 0.2) is 0 Å². The normalized spacial score (nSPS) is 13.2. The summed E-state index contributed by atoms with van der Waals surface area (Å²) in [6.07, 6.45) is 0.292. The average Bonchev–Trinajstić information content (AvgIpc) is 3.27. The van der Waals surface area contributed by atoms with Crippen molar-refractivity contribution < 1.29 is 14.3 Å². The zero-order chi connectivity index (χ0) is 24.9. The van der Waals surface area contributed by atoms with Gasteiger partial charge >= 0.3 is 5.97 Å². The van der Waals surface area contributed by atoms with Gasteiger partial charge in [0, 0.05) is 15.6 Å². The standard InChI is InChI=1S/C23H26Cl2N6O3/c1-13(21(33)34-23(2,3)4)26-19(20(32)27-22-28-30-31-29-22)11-14-5-7-15(8-6-14)17-12-16(24)9-10-18(17)25/h5-10,12-13,19,26H,11H2,1-4H3,(H2,27,28,29,30,31,32)/t13-,19+/m0/s1. The second-order valence-electron chi connectivity index (χ2n) is 8.72. The Balaban J connectivity index is 1.78. The Bertz CT molecular complexity index is 1130. The van der Waals surface area contributed by atoms with Gasteiger partial charge < -0.3 is 4.74 Å². The SMILES string of the molecule is C[C@H](N[C@H](Cc1ccc(-c2cc(Cl)ccc2Cl)cc1)C(=O)Nc1nn[nH]n1)C(=O)OC(C)(C)C. The van der Waals surface area contributed by atoms with Gasteiger partial charge in [-0.25, -0.2) is 0 Å². The molecule has 3 N–H and O–H groups in total. The Labute approximate surface area is 207 Å². The van der Waals surface area contributed by atoms with Crippen LogP contribution in [-0.4, -0.2) is 50.2 Å². The van der Waals surface area contributed by atoms with Crippen LogP contribution < -0.4 is 10.6 Å². The summed E-state index contributed by atoms with van der Waals surface area (Å²) in [5.41, 5.74) is 1.91. The van der Waals surface area contributed by atoms with Crippen LogP contribution in [0, 0.1) is 0 Å². The summed E-state index contributed by atoms with van der Waals surface area (Å²) in [6.45, 7) is 7.00. The molecule has 1 amide bonds. The fraction of sp³-hybridized carbons (Fsp3) is 0.348. The van der Waals surface area contributed by atoms with Crippen molar-refractivity contribution >= 4 is 41.0 Å². The van der Waals surface area contributed by atoms with Crippen LogP contribution in [0.4, 0.5) is 5.95 Å². The van der Waals surface area contributed by atoms with Crippen molar-refractivity contribution in [1.82, 2.24) is 25.9 Å². The number of hydrogen-bond donors (Lipinski definition) is 3. The molecule has 2 aromatic carbocycles. The first-order valence-electron chi connectivity index (χ1n) is 10.6. The molecule has 0 aliphatic carbocycles. The van der Waals surface area contributed by atoms with Crippen LogP contribution >= 0.6 is 23.2 Å². The fourth-order valence-electron chi connectivity index (χ4n) is 3.17. The smallest absolute Gasteiger partial charge is 0.323 e. The number of hydrogen-bond acceptors (Lipinski definition) is 7. The third-order valence-electron chi connectivity index (χ3n) is 4.74. The quantitative estimate of drug-likeness (QED) is 0.395. The first-order chi connectivity index (χ1) is 16.0. The van der Waals surface area contributed by atoms with E-state index in [0.717, 1.165) is 16.7 Å². The minimum Gasteiger partial charge on any atom is -0.459 e. The highest BCUT2D eigenvalue weighted by Gasteiger charge is 2.28. The van der Waals surface area contributed by atoms with E-state index in [0.29, 0.717) is 16.5 Å². The summed E-state index contributed by atoms with van der Waals surface area (Å²) < 4.78 is 5.43. The third-order valence-corrected chi connectivity index (χ3v) is 5.31. The van der Waals surface area contributed by atoms with Gasteiger partial charge in [-0.05, 0) is 68.7 Å². The molecule has 0 fully saturated rings. The molecule has 1 heterocycles. The highest BCUT2D eigenvalue weighted by Crippen LogP contribution is 2.30. The summed E-state index contributed by atoms with van der Waals surface area (Å²) in [7, 11) is 0. The van der Waals surface area contributed by atoms with Crippen molar-refractivity contribution in [1.29, 1.82) is 0 Å². The predicted octanol–water partition coefficient (Wildman–Crippen LogP) is 4.04. The van der Waals surface area contributed by atoms with Gasteiger partial charge in [0.25, 0.3) is 5.95 Å². The van der Waals surface area contributed by atoms with E-state index in [1.54, 1.807) is 45.9 Å². The average molecular weight is 505 g/mol. The number of amides is 1. The van der Waals surface area contributed by atoms with Crippen LogP contribution in [0.1, 0.15) is 33.3 Å². The Morgan fingerprint density at radius 2 is 1.82 bits per heavy atom. The number of nitrogens with zero attached hydrogens (tertiary/aromatic N) is 3. The summed E-state index contributed by atoms with van der Waals surface area (Å²) in [5.74, 6) is -0.845. The Hall–Kier alpha value is -3.01. The molecule has 0 radical (unpaired) electrons. The largest absolute Gasteiger partial charge is 0.459 e. The maximum Gasteiger partial charge on any atom is 0.323 e. The molecule has 0 saturated heterocycles. The van der Waals surface area contributed by atoms with Crippen molar-refractivity contribution in [3.63, 3.8) is 0 Å². The number of carbonyl (C=O) groups excluding carboxylic acids is 2. The third kappa shape index (κ3) is 7.24. The van der Waals surface area contributed by atoms with Gasteiger partial charge in [-0.15, -0.1) is 5.10 Å². The number of esters is 1. The number of H-pyrrole nitrogens is 1. The number of tetrazole rings is 1. The summed E-state index contributed by atoms with van der Waals surface area (Å²) >= 11 is 12.4. The Kier molecular flexibility index (Phi) is 8.24. The van der Waals surface area contributed by atoms with E-state index in [4.69, 9.17) is 27.9 Å². The van der Waals surface area contributed by atoms with E-state index in [9.17, 15) is 9.59 Å². The van der Waals surface area contributed by atoms with Crippen molar-refractivity contribution in [3.8, 4) is 11.1 Å². The zero-order valence-electron chi connectivity index (χ0n) is 19.2. The molecule has 180 valence electrons. The molecule has 0 aliphatic rings. The Morgan fingerprint density at radius 3 is 2.44 bits per heavy atom.